The molecule has 0 aliphatic carbocycles. The normalized spacial score (nSPS) is 13.2. The van der Waals surface area contributed by atoms with E-state index in [1.54, 1.807) is 0 Å². The van der Waals surface area contributed by atoms with Crippen LogP contribution >= 0.6 is 0 Å². The van der Waals surface area contributed by atoms with Gasteiger partial charge in [-0.05, 0) is 29.4 Å². The average molecular weight is 219 g/mol. The molecule has 0 amide bonds. The lowest BCUT2D eigenvalue weighted by atomic mass is 9.64. The standard InChI is InChI=1S/C15H25N/c1-11-9-8-10-16-12(11)13(14(2,3)4)15(5,6)7/h8-10,13H,1-7H3. The number of hydrogen-bond donors (Lipinski definition) is 0. The first-order chi connectivity index (χ1) is 7.14. The molecule has 90 valence electrons. The van der Waals surface area contributed by atoms with Crippen molar-refractivity contribution in [3.63, 3.8) is 0 Å². The van der Waals surface area contributed by atoms with Crippen LogP contribution in [0.3, 0.4) is 0 Å². The molecule has 1 heteroatoms. The Bertz CT molecular complexity index is 338. The van der Waals surface area contributed by atoms with Crippen LogP contribution < -0.4 is 0 Å². The largest absolute Gasteiger partial charge is 0.261 e. The van der Waals surface area contributed by atoms with E-state index in [0.717, 1.165) is 0 Å². The van der Waals surface area contributed by atoms with Gasteiger partial charge in [-0.2, -0.15) is 0 Å². The molecule has 0 saturated carbocycles. The third-order valence-corrected chi connectivity index (χ3v) is 3.06. The minimum atomic E-state index is 0.233. The van der Waals surface area contributed by atoms with E-state index in [4.69, 9.17) is 0 Å². The van der Waals surface area contributed by atoms with E-state index in [1.807, 2.05) is 12.3 Å². The van der Waals surface area contributed by atoms with Gasteiger partial charge >= 0.3 is 0 Å². The fraction of sp³-hybridized carbons (Fsp3) is 0.667. The zero-order chi connectivity index (χ0) is 12.6. The summed E-state index contributed by atoms with van der Waals surface area (Å²) in [6, 6.07) is 4.17. The number of rotatable bonds is 1. The van der Waals surface area contributed by atoms with Gasteiger partial charge in [-0.15, -0.1) is 0 Å². The summed E-state index contributed by atoms with van der Waals surface area (Å²) < 4.78 is 0. The molecule has 0 N–H and O–H groups in total. The van der Waals surface area contributed by atoms with E-state index >= 15 is 0 Å². The van der Waals surface area contributed by atoms with Crippen molar-refractivity contribution in [1.29, 1.82) is 0 Å². The number of hydrogen-bond acceptors (Lipinski definition) is 1. The van der Waals surface area contributed by atoms with E-state index in [9.17, 15) is 0 Å². The Morgan fingerprint density at radius 2 is 1.50 bits per heavy atom. The van der Waals surface area contributed by atoms with E-state index < -0.39 is 0 Å². The molecule has 0 aliphatic rings. The minimum absolute atomic E-state index is 0.233. The van der Waals surface area contributed by atoms with Gasteiger partial charge in [0, 0.05) is 17.8 Å². The highest BCUT2D eigenvalue weighted by molar-refractivity contribution is 5.25. The van der Waals surface area contributed by atoms with Crippen molar-refractivity contribution in [2.75, 3.05) is 0 Å². The van der Waals surface area contributed by atoms with Crippen LogP contribution in [0.4, 0.5) is 0 Å². The highest BCUT2D eigenvalue weighted by atomic mass is 14.7. The molecular formula is C15H25N. The van der Waals surface area contributed by atoms with Crippen LogP contribution in [0.2, 0.25) is 0 Å². The molecule has 0 aromatic carbocycles. The number of nitrogens with zero attached hydrogens (tertiary/aromatic N) is 1. The van der Waals surface area contributed by atoms with Crippen molar-refractivity contribution in [1.82, 2.24) is 4.98 Å². The van der Waals surface area contributed by atoms with Crippen LogP contribution in [-0.4, -0.2) is 4.98 Å². The first-order valence-electron chi connectivity index (χ1n) is 6.05. The SMILES string of the molecule is Cc1cccnc1C(C(C)(C)C)C(C)(C)C. The average Bonchev–Trinajstić information content (AvgIpc) is 2.03. The Morgan fingerprint density at radius 3 is 1.88 bits per heavy atom. The molecule has 0 unspecified atom stereocenters. The third-order valence-electron chi connectivity index (χ3n) is 3.06. The molecule has 0 atom stereocenters. The summed E-state index contributed by atoms with van der Waals surface area (Å²) in [5.41, 5.74) is 3.02. The molecule has 1 heterocycles. The maximum Gasteiger partial charge on any atom is 0.0474 e. The van der Waals surface area contributed by atoms with Crippen LogP contribution in [0.5, 0.6) is 0 Å². The van der Waals surface area contributed by atoms with Crippen molar-refractivity contribution in [3.8, 4) is 0 Å². The molecule has 16 heavy (non-hydrogen) atoms. The fourth-order valence-electron chi connectivity index (χ4n) is 2.92. The Kier molecular flexibility index (Phi) is 3.47. The van der Waals surface area contributed by atoms with Crippen molar-refractivity contribution in [2.24, 2.45) is 10.8 Å². The Hall–Kier alpha value is -0.850. The summed E-state index contributed by atoms with van der Waals surface area (Å²) in [6.07, 6.45) is 1.91. The molecule has 1 rings (SSSR count). The molecule has 0 bridgehead atoms. The van der Waals surface area contributed by atoms with Crippen molar-refractivity contribution in [2.45, 2.75) is 54.4 Å². The van der Waals surface area contributed by atoms with Crippen molar-refractivity contribution < 1.29 is 0 Å². The lowest BCUT2D eigenvalue weighted by molar-refractivity contribution is 0.171. The lowest BCUT2D eigenvalue weighted by Gasteiger charge is -2.41. The first kappa shape index (κ1) is 13.2. The molecule has 0 radical (unpaired) electrons. The topological polar surface area (TPSA) is 12.9 Å². The molecule has 1 nitrogen and oxygen atoms in total. The third kappa shape index (κ3) is 2.84. The Labute approximate surface area is 100 Å². The summed E-state index contributed by atoms with van der Waals surface area (Å²) in [4.78, 5) is 4.61. The van der Waals surface area contributed by atoms with Gasteiger partial charge in [-0.1, -0.05) is 47.6 Å². The highest BCUT2D eigenvalue weighted by Gasteiger charge is 2.37. The second-order valence-corrected chi connectivity index (χ2v) is 6.87. The summed E-state index contributed by atoms with van der Waals surface area (Å²) in [5.74, 6) is 0.473. The maximum atomic E-state index is 4.61. The van der Waals surface area contributed by atoms with Crippen molar-refractivity contribution >= 4 is 0 Å². The summed E-state index contributed by atoms with van der Waals surface area (Å²) in [5, 5.41) is 0. The zero-order valence-corrected chi connectivity index (χ0v) is 11.8. The van der Waals surface area contributed by atoms with Gasteiger partial charge < -0.3 is 0 Å². The van der Waals surface area contributed by atoms with Gasteiger partial charge in [0.05, 0.1) is 0 Å². The molecule has 1 aromatic heterocycles. The summed E-state index contributed by atoms with van der Waals surface area (Å²) in [7, 11) is 0. The molecular weight excluding hydrogens is 194 g/mol. The minimum Gasteiger partial charge on any atom is -0.261 e. The Balaban J connectivity index is 3.29. The molecule has 0 saturated heterocycles. The van der Waals surface area contributed by atoms with E-state index in [1.165, 1.54) is 11.3 Å². The molecule has 1 aromatic rings. The van der Waals surface area contributed by atoms with E-state index in [0.29, 0.717) is 5.92 Å². The van der Waals surface area contributed by atoms with Crippen LogP contribution in [-0.2, 0) is 0 Å². The van der Waals surface area contributed by atoms with Crippen molar-refractivity contribution in [3.05, 3.63) is 29.6 Å². The van der Waals surface area contributed by atoms with E-state index in [-0.39, 0.29) is 10.8 Å². The van der Waals surface area contributed by atoms with Gasteiger partial charge in [0.2, 0.25) is 0 Å². The predicted octanol–water partition coefficient (Wildman–Crippen LogP) is 4.57. The van der Waals surface area contributed by atoms with Gasteiger partial charge in [-0.3, -0.25) is 4.98 Å². The van der Waals surface area contributed by atoms with Gasteiger partial charge in [0.1, 0.15) is 0 Å². The number of aryl methyl sites for hydroxylation is 1. The fourth-order valence-corrected chi connectivity index (χ4v) is 2.92. The highest BCUT2D eigenvalue weighted by Crippen LogP contribution is 2.47. The second-order valence-electron chi connectivity index (χ2n) is 6.87. The lowest BCUT2D eigenvalue weighted by Crippen LogP contribution is -2.31. The van der Waals surface area contributed by atoms with Crippen LogP contribution in [0.1, 0.15) is 58.7 Å². The predicted molar refractivity (Wildman–Crippen MR) is 70.6 cm³/mol. The number of pyridine rings is 1. The number of aromatic nitrogens is 1. The maximum absolute atomic E-state index is 4.61. The quantitative estimate of drug-likeness (QED) is 0.674. The van der Waals surface area contributed by atoms with Gasteiger partial charge in [-0.25, -0.2) is 0 Å². The van der Waals surface area contributed by atoms with Crippen LogP contribution in [0.15, 0.2) is 18.3 Å². The Morgan fingerprint density at radius 1 is 1.00 bits per heavy atom. The smallest absolute Gasteiger partial charge is 0.0474 e. The molecule has 0 aliphatic heterocycles. The first-order valence-corrected chi connectivity index (χ1v) is 6.05. The van der Waals surface area contributed by atoms with Gasteiger partial charge in [0.15, 0.2) is 0 Å². The second kappa shape index (κ2) is 4.20. The summed E-state index contributed by atoms with van der Waals surface area (Å²) in [6.45, 7) is 16.0. The molecule has 0 fully saturated rings. The van der Waals surface area contributed by atoms with E-state index in [2.05, 4.69) is 59.5 Å². The van der Waals surface area contributed by atoms with Crippen LogP contribution in [0.25, 0.3) is 0 Å². The van der Waals surface area contributed by atoms with Crippen LogP contribution in [0, 0.1) is 17.8 Å². The summed E-state index contributed by atoms with van der Waals surface area (Å²) >= 11 is 0. The van der Waals surface area contributed by atoms with Gasteiger partial charge in [0.25, 0.3) is 0 Å². The zero-order valence-electron chi connectivity index (χ0n) is 11.8. The molecule has 0 spiro atoms. The monoisotopic (exact) mass is 219 g/mol.